The van der Waals surface area contributed by atoms with E-state index in [1.165, 1.54) is 5.01 Å². The van der Waals surface area contributed by atoms with Gasteiger partial charge in [0.2, 0.25) is 0 Å². The second kappa shape index (κ2) is 3.58. The zero-order chi connectivity index (χ0) is 12.0. The molecule has 2 aliphatic rings. The molecule has 1 aromatic heterocycles. The number of nitrogens with zero attached hydrogens (tertiary/aromatic N) is 3. The summed E-state index contributed by atoms with van der Waals surface area (Å²) in [5, 5.41) is 11.8. The molecule has 0 aliphatic carbocycles. The highest BCUT2D eigenvalue weighted by atomic mass is 16.7. The van der Waals surface area contributed by atoms with Gasteiger partial charge in [-0.25, -0.2) is 10.1 Å². The van der Waals surface area contributed by atoms with E-state index >= 15 is 0 Å². The maximum absolute atomic E-state index is 11.7. The molecule has 0 saturated carbocycles. The van der Waals surface area contributed by atoms with Gasteiger partial charge in [-0.05, 0) is 12.5 Å². The van der Waals surface area contributed by atoms with Crippen molar-refractivity contribution in [2.45, 2.75) is 18.9 Å². The molecule has 2 unspecified atom stereocenters. The number of hydrogen-bond donors (Lipinski definition) is 0. The van der Waals surface area contributed by atoms with Crippen LogP contribution in [0.1, 0.15) is 18.0 Å². The number of aromatic nitrogens is 1. The predicted molar refractivity (Wildman–Crippen MR) is 60.1 cm³/mol. The maximum Gasteiger partial charge on any atom is 0.250 e. The van der Waals surface area contributed by atoms with Gasteiger partial charge in [0.15, 0.2) is 5.03 Å². The fraction of sp³-hybridized carbons (Fsp3) is 0.545. The van der Waals surface area contributed by atoms with Crippen molar-refractivity contribution in [1.82, 2.24) is 9.58 Å². The van der Waals surface area contributed by atoms with E-state index in [4.69, 9.17) is 0 Å². The highest BCUT2D eigenvalue weighted by Gasteiger charge is 2.38. The molecule has 0 radical (unpaired) electrons. The summed E-state index contributed by atoms with van der Waals surface area (Å²) >= 11 is 0. The Morgan fingerprint density at radius 2 is 2.12 bits per heavy atom. The standard InChI is InChI=1S/C11H13N3O3/c15-11-3-1-2-10-9-4-8(6-13(10)11)5-12(7-9)14(16)17/h1-3,8-9H,4-7H2. The molecule has 0 spiro atoms. The average Bonchev–Trinajstić information content (AvgIpc) is 2.30. The quantitative estimate of drug-likeness (QED) is 0.524. The van der Waals surface area contributed by atoms with Gasteiger partial charge >= 0.3 is 0 Å². The molecular formula is C11H13N3O3. The first kappa shape index (κ1) is 10.3. The minimum absolute atomic E-state index is 0.00625. The third kappa shape index (κ3) is 1.60. The van der Waals surface area contributed by atoms with Crippen LogP contribution in [0.3, 0.4) is 0 Å². The van der Waals surface area contributed by atoms with E-state index < -0.39 is 0 Å². The number of nitro groups is 1. The van der Waals surface area contributed by atoms with Gasteiger partial charge in [-0.15, -0.1) is 5.01 Å². The molecule has 0 N–H and O–H groups in total. The lowest BCUT2D eigenvalue weighted by molar-refractivity contribution is -0.660. The van der Waals surface area contributed by atoms with Crippen molar-refractivity contribution in [1.29, 1.82) is 0 Å². The molecule has 2 bridgehead atoms. The van der Waals surface area contributed by atoms with Crippen LogP contribution < -0.4 is 5.56 Å². The van der Waals surface area contributed by atoms with Crippen molar-refractivity contribution in [3.63, 3.8) is 0 Å². The number of pyridine rings is 1. The largest absolute Gasteiger partial charge is 0.312 e. The van der Waals surface area contributed by atoms with E-state index in [9.17, 15) is 14.9 Å². The van der Waals surface area contributed by atoms with Crippen LogP contribution in [0.15, 0.2) is 23.0 Å². The van der Waals surface area contributed by atoms with Gasteiger partial charge in [0.25, 0.3) is 5.56 Å². The van der Waals surface area contributed by atoms with Crippen LogP contribution in [0.5, 0.6) is 0 Å². The molecule has 1 aromatic rings. The second-order valence-corrected chi connectivity index (χ2v) is 4.81. The van der Waals surface area contributed by atoms with Crippen molar-refractivity contribution < 1.29 is 5.03 Å². The summed E-state index contributed by atoms with van der Waals surface area (Å²) in [7, 11) is 0. The van der Waals surface area contributed by atoms with E-state index in [0.717, 1.165) is 12.1 Å². The highest BCUT2D eigenvalue weighted by Crippen LogP contribution is 2.34. The Labute approximate surface area is 97.6 Å². The second-order valence-electron chi connectivity index (χ2n) is 4.81. The van der Waals surface area contributed by atoms with E-state index in [-0.39, 0.29) is 22.4 Å². The number of hydrazine groups is 1. The molecule has 2 aliphatic heterocycles. The summed E-state index contributed by atoms with van der Waals surface area (Å²) in [6.07, 6.45) is 0.952. The Morgan fingerprint density at radius 3 is 2.88 bits per heavy atom. The first-order chi connectivity index (χ1) is 8.15. The van der Waals surface area contributed by atoms with Gasteiger partial charge in [-0.2, -0.15) is 0 Å². The van der Waals surface area contributed by atoms with Gasteiger partial charge in [0.05, 0.1) is 13.1 Å². The molecular weight excluding hydrogens is 222 g/mol. The molecule has 6 nitrogen and oxygen atoms in total. The van der Waals surface area contributed by atoms with Crippen molar-refractivity contribution in [2.75, 3.05) is 13.1 Å². The number of rotatable bonds is 1. The molecule has 6 heteroatoms. The predicted octanol–water partition coefficient (Wildman–Crippen LogP) is 0.459. The Hall–Kier alpha value is -1.85. The summed E-state index contributed by atoms with van der Waals surface area (Å²) in [4.78, 5) is 22.6. The van der Waals surface area contributed by atoms with Crippen LogP contribution >= 0.6 is 0 Å². The summed E-state index contributed by atoms with van der Waals surface area (Å²) in [5.41, 5.74) is 0.951. The molecule has 17 heavy (non-hydrogen) atoms. The van der Waals surface area contributed by atoms with E-state index in [1.54, 1.807) is 16.7 Å². The third-order valence-electron chi connectivity index (χ3n) is 3.69. The van der Waals surface area contributed by atoms with Gasteiger partial charge in [-0.3, -0.25) is 4.79 Å². The third-order valence-corrected chi connectivity index (χ3v) is 3.69. The van der Waals surface area contributed by atoms with Crippen LogP contribution in [0.25, 0.3) is 0 Å². The first-order valence-electron chi connectivity index (χ1n) is 5.74. The van der Waals surface area contributed by atoms with Crippen LogP contribution in [0.2, 0.25) is 0 Å². The summed E-state index contributed by atoms with van der Waals surface area (Å²) in [6.45, 7) is 1.47. The van der Waals surface area contributed by atoms with Crippen molar-refractivity contribution >= 4 is 0 Å². The number of piperidine rings is 1. The van der Waals surface area contributed by atoms with Gasteiger partial charge in [-0.1, -0.05) is 6.07 Å². The fourth-order valence-corrected chi connectivity index (χ4v) is 3.00. The maximum atomic E-state index is 11.7. The molecule has 1 fully saturated rings. The Kier molecular flexibility index (Phi) is 2.17. The monoisotopic (exact) mass is 235 g/mol. The normalized spacial score (nSPS) is 26.5. The Morgan fingerprint density at radius 1 is 1.29 bits per heavy atom. The SMILES string of the molecule is O=c1cccc2n1CC1CC2CN([N+](=O)[O-])C1. The van der Waals surface area contributed by atoms with E-state index in [2.05, 4.69) is 0 Å². The molecule has 3 rings (SSSR count). The molecule has 1 saturated heterocycles. The lowest BCUT2D eigenvalue weighted by Crippen LogP contribution is -2.48. The first-order valence-corrected chi connectivity index (χ1v) is 5.74. The van der Waals surface area contributed by atoms with Crippen molar-refractivity contribution in [3.05, 3.63) is 44.4 Å². The van der Waals surface area contributed by atoms with Gasteiger partial charge in [0.1, 0.15) is 0 Å². The minimum atomic E-state index is -0.324. The van der Waals surface area contributed by atoms with E-state index in [1.807, 2.05) is 6.07 Å². The number of hydrogen-bond acceptors (Lipinski definition) is 3. The summed E-state index contributed by atoms with van der Waals surface area (Å²) in [6, 6.07) is 5.20. The van der Waals surface area contributed by atoms with Crippen LogP contribution in [0.4, 0.5) is 0 Å². The summed E-state index contributed by atoms with van der Waals surface area (Å²) < 4.78 is 1.77. The smallest absolute Gasteiger partial charge is 0.250 e. The topological polar surface area (TPSA) is 68.4 Å². The Balaban J connectivity index is 2.01. The zero-order valence-corrected chi connectivity index (χ0v) is 9.28. The molecule has 0 aromatic carbocycles. The molecule has 3 heterocycles. The molecule has 2 atom stereocenters. The average molecular weight is 235 g/mol. The van der Waals surface area contributed by atoms with Crippen LogP contribution in [-0.2, 0) is 6.54 Å². The molecule has 0 amide bonds. The van der Waals surface area contributed by atoms with Crippen molar-refractivity contribution in [2.24, 2.45) is 5.92 Å². The minimum Gasteiger partial charge on any atom is -0.312 e. The van der Waals surface area contributed by atoms with Gasteiger partial charge < -0.3 is 4.57 Å². The number of fused-ring (bicyclic) bond motifs is 4. The lowest BCUT2D eigenvalue weighted by Gasteiger charge is -2.38. The Bertz CT molecular complexity index is 525. The van der Waals surface area contributed by atoms with Crippen molar-refractivity contribution in [3.8, 4) is 0 Å². The zero-order valence-electron chi connectivity index (χ0n) is 9.28. The van der Waals surface area contributed by atoms with E-state index in [0.29, 0.717) is 19.6 Å². The van der Waals surface area contributed by atoms with Crippen LogP contribution in [0, 0.1) is 16.0 Å². The highest BCUT2D eigenvalue weighted by molar-refractivity contribution is 5.16. The fourth-order valence-electron chi connectivity index (χ4n) is 3.00. The summed E-state index contributed by atoms with van der Waals surface area (Å²) in [5.74, 6) is 0.327. The molecule has 90 valence electrons. The van der Waals surface area contributed by atoms with Gasteiger partial charge in [0, 0.05) is 30.1 Å². The lowest BCUT2D eigenvalue weighted by atomic mass is 9.84. The van der Waals surface area contributed by atoms with Crippen LogP contribution in [-0.4, -0.2) is 27.7 Å².